The Hall–Kier alpha value is -2.54. The number of fused-ring (bicyclic) bond motifs is 1. The molecule has 1 amide bonds. The van der Waals surface area contributed by atoms with Crippen molar-refractivity contribution in [2.45, 2.75) is 58.2 Å². The van der Waals surface area contributed by atoms with Crippen LogP contribution in [0, 0.1) is 22.7 Å². The molecule has 1 N–H and O–H groups in total. The Bertz CT molecular complexity index is 1280. The van der Waals surface area contributed by atoms with Crippen molar-refractivity contribution in [3.63, 3.8) is 0 Å². The molecule has 190 valence electrons. The Morgan fingerprint density at radius 1 is 1.36 bits per heavy atom. The number of halogens is 1. The molecule has 3 aromatic rings. The molecule has 4 rings (SSSR count). The number of nitriles is 1. The SMILES string of the molecule is CCC(C)(C)C1CCc2c(sc(NC(=O)CSc3nnc(COc4ccc(Cl)cc4)n3C)c2C#N)C1. The van der Waals surface area contributed by atoms with Gasteiger partial charge in [-0.2, -0.15) is 5.26 Å². The van der Waals surface area contributed by atoms with Crippen LogP contribution < -0.4 is 10.1 Å². The highest BCUT2D eigenvalue weighted by Crippen LogP contribution is 2.45. The molecule has 36 heavy (non-hydrogen) atoms. The highest BCUT2D eigenvalue weighted by atomic mass is 35.5. The summed E-state index contributed by atoms with van der Waals surface area (Å²) in [5.41, 5.74) is 2.01. The van der Waals surface area contributed by atoms with Crippen LogP contribution in [-0.2, 0) is 31.3 Å². The summed E-state index contributed by atoms with van der Waals surface area (Å²) in [5, 5.41) is 23.1. The van der Waals surface area contributed by atoms with E-state index >= 15 is 0 Å². The number of thioether (sulfide) groups is 1. The summed E-state index contributed by atoms with van der Waals surface area (Å²) < 4.78 is 7.56. The van der Waals surface area contributed by atoms with Crippen LogP contribution in [-0.4, -0.2) is 26.4 Å². The zero-order valence-electron chi connectivity index (χ0n) is 20.9. The molecular formula is C26H30ClN5O2S2. The minimum atomic E-state index is -0.164. The quantitative estimate of drug-likeness (QED) is 0.320. The van der Waals surface area contributed by atoms with Gasteiger partial charge in [-0.15, -0.1) is 21.5 Å². The van der Waals surface area contributed by atoms with E-state index in [2.05, 4.69) is 42.4 Å². The maximum absolute atomic E-state index is 12.8. The lowest BCUT2D eigenvalue weighted by atomic mass is 9.69. The summed E-state index contributed by atoms with van der Waals surface area (Å²) in [7, 11) is 1.84. The van der Waals surface area contributed by atoms with Crippen molar-refractivity contribution < 1.29 is 9.53 Å². The third kappa shape index (κ3) is 5.88. The number of anilines is 1. The summed E-state index contributed by atoms with van der Waals surface area (Å²) in [6, 6.07) is 9.45. The first-order valence-corrected chi connectivity index (χ1v) is 14.1. The third-order valence-corrected chi connectivity index (χ3v) is 9.53. The standard InChI is InChI=1S/C26H30ClN5O2S2/c1-5-26(2,3)16-6-11-19-20(13-28)24(36-21(19)12-16)29-23(33)15-35-25-31-30-22(32(25)4)14-34-18-9-7-17(27)8-10-18/h7-10,16H,5-6,11-12,14-15H2,1-4H3,(H,29,33). The summed E-state index contributed by atoms with van der Waals surface area (Å²) >= 11 is 8.76. The van der Waals surface area contributed by atoms with Gasteiger partial charge in [0.25, 0.3) is 0 Å². The Morgan fingerprint density at radius 3 is 2.81 bits per heavy atom. The van der Waals surface area contributed by atoms with Gasteiger partial charge in [-0.05, 0) is 60.4 Å². The maximum atomic E-state index is 12.8. The first kappa shape index (κ1) is 26.5. The molecule has 1 aliphatic carbocycles. The molecule has 0 fully saturated rings. The number of amides is 1. The van der Waals surface area contributed by atoms with Crippen molar-refractivity contribution in [2.75, 3.05) is 11.1 Å². The minimum Gasteiger partial charge on any atom is -0.486 e. The second-order valence-electron chi connectivity index (χ2n) is 9.64. The van der Waals surface area contributed by atoms with Gasteiger partial charge in [0, 0.05) is 16.9 Å². The number of aromatic nitrogens is 3. The first-order chi connectivity index (χ1) is 17.2. The molecule has 1 atom stereocenters. The zero-order valence-corrected chi connectivity index (χ0v) is 23.3. The molecule has 10 heteroatoms. The molecule has 0 aliphatic heterocycles. The predicted molar refractivity (Wildman–Crippen MR) is 145 cm³/mol. The monoisotopic (exact) mass is 543 g/mol. The van der Waals surface area contributed by atoms with E-state index in [1.54, 1.807) is 35.6 Å². The van der Waals surface area contributed by atoms with Crippen LogP contribution in [0.5, 0.6) is 5.75 Å². The van der Waals surface area contributed by atoms with E-state index in [1.807, 2.05) is 11.6 Å². The van der Waals surface area contributed by atoms with Crippen LogP contribution in [0.25, 0.3) is 0 Å². The Morgan fingerprint density at radius 2 is 2.11 bits per heavy atom. The predicted octanol–water partition coefficient (Wildman–Crippen LogP) is 6.25. The van der Waals surface area contributed by atoms with Gasteiger partial charge in [-0.1, -0.05) is 50.6 Å². The molecule has 2 heterocycles. The van der Waals surface area contributed by atoms with Crippen molar-refractivity contribution in [1.29, 1.82) is 5.26 Å². The van der Waals surface area contributed by atoms with Gasteiger partial charge in [0.2, 0.25) is 5.91 Å². The van der Waals surface area contributed by atoms with Gasteiger partial charge < -0.3 is 14.6 Å². The number of hydrogen-bond acceptors (Lipinski definition) is 7. The van der Waals surface area contributed by atoms with Gasteiger partial charge in [0.05, 0.1) is 11.3 Å². The number of nitrogens with one attached hydrogen (secondary N) is 1. The van der Waals surface area contributed by atoms with E-state index < -0.39 is 0 Å². The lowest BCUT2D eigenvalue weighted by Crippen LogP contribution is -2.28. The van der Waals surface area contributed by atoms with Crippen molar-refractivity contribution >= 4 is 45.6 Å². The second kappa shape index (κ2) is 11.2. The van der Waals surface area contributed by atoms with Gasteiger partial charge >= 0.3 is 0 Å². The number of nitrogens with zero attached hydrogens (tertiary/aromatic N) is 4. The van der Waals surface area contributed by atoms with Gasteiger partial charge in [-0.25, -0.2) is 0 Å². The van der Waals surface area contributed by atoms with E-state index in [-0.39, 0.29) is 23.7 Å². The fraction of sp³-hybridized carbons (Fsp3) is 0.462. The molecule has 0 bridgehead atoms. The highest BCUT2D eigenvalue weighted by molar-refractivity contribution is 7.99. The van der Waals surface area contributed by atoms with Crippen LogP contribution in [0.4, 0.5) is 5.00 Å². The van der Waals surface area contributed by atoms with Crippen molar-refractivity contribution in [3.8, 4) is 11.8 Å². The Balaban J connectivity index is 1.35. The topological polar surface area (TPSA) is 92.8 Å². The average Bonchev–Trinajstić information content (AvgIpc) is 3.40. The number of carbonyl (C=O) groups excluding carboxylic acids is 1. The van der Waals surface area contributed by atoms with E-state index in [4.69, 9.17) is 16.3 Å². The molecule has 0 radical (unpaired) electrons. The molecular weight excluding hydrogens is 514 g/mol. The van der Waals surface area contributed by atoms with Crippen LogP contribution in [0.1, 0.15) is 55.4 Å². The fourth-order valence-electron chi connectivity index (χ4n) is 4.32. The molecule has 1 unspecified atom stereocenters. The van der Waals surface area contributed by atoms with E-state index in [0.717, 1.165) is 31.2 Å². The first-order valence-electron chi connectivity index (χ1n) is 12.0. The minimum absolute atomic E-state index is 0.164. The smallest absolute Gasteiger partial charge is 0.235 e. The maximum Gasteiger partial charge on any atom is 0.235 e. The molecule has 1 aromatic carbocycles. The highest BCUT2D eigenvalue weighted by Gasteiger charge is 2.34. The Kier molecular flexibility index (Phi) is 8.28. The van der Waals surface area contributed by atoms with Crippen LogP contribution in [0.2, 0.25) is 5.02 Å². The van der Waals surface area contributed by atoms with Gasteiger partial charge in [0.15, 0.2) is 11.0 Å². The molecule has 0 saturated heterocycles. The van der Waals surface area contributed by atoms with Gasteiger partial charge in [-0.3, -0.25) is 4.79 Å². The lowest BCUT2D eigenvalue weighted by Gasteiger charge is -2.36. The second-order valence-corrected chi connectivity index (χ2v) is 12.1. The molecule has 2 aromatic heterocycles. The summed E-state index contributed by atoms with van der Waals surface area (Å²) in [5.74, 6) is 1.93. The molecule has 1 aliphatic rings. The molecule has 0 saturated carbocycles. The van der Waals surface area contributed by atoms with Crippen molar-refractivity contribution in [3.05, 3.63) is 51.1 Å². The van der Waals surface area contributed by atoms with Crippen LogP contribution in [0.3, 0.4) is 0 Å². The summed E-state index contributed by atoms with van der Waals surface area (Å²) in [6.07, 6.45) is 4.08. The number of benzene rings is 1. The van der Waals surface area contributed by atoms with Crippen molar-refractivity contribution in [1.82, 2.24) is 14.8 Å². The Labute approximate surface area is 225 Å². The molecule has 7 nitrogen and oxygen atoms in total. The number of carbonyl (C=O) groups is 1. The number of thiophene rings is 1. The lowest BCUT2D eigenvalue weighted by molar-refractivity contribution is -0.113. The summed E-state index contributed by atoms with van der Waals surface area (Å²) in [4.78, 5) is 14.0. The van der Waals surface area contributed by atoms with E-state index in [0.29, 0.717) is 38.2 Å². The number of ether oxygens (including phenoxy) is 1. The normalized spacial score (nSPS) is 15.3. The van der Waals surface area contributed by atoms with E-state index in [9.17, 15) is 10.1 Å². The van der Waals surface area contributed by atoms with Crippen LogP contribution in [0.15, 0.2) is 29.4 Å². The average molecular weight is 544 g/mol. The fourth-order valence-corrected chi connectivity index (χ4v) is 6.47. The zero-order chi connectivity index (χ0) is 25.9. The third-order valence-electron chi connectivity index (χ3n) is 7.09. The largest absolute Gasteiger partial charge is 0.486 e. The van der Waals surface area contributed by atoms with E-state index in [1.165, 1.54) is 16.6 Å². The summed E-state index contributed by atoms with van der Waals surface area (Å²) in [6.45, 7) is 7.13. The van der Waals surface area contributed by atoms with Gasteiger partial charge in [0.1, 0.15) is 23.4 Å². The number of hydrogen-bond donors (Lipinski definition) is 1. The molecule has 0 spiro atoms. The van der Waals surface area contributed by atoms with Crippen LogP contribution >= 0.6 is 34.7 Å². The van der Waals surface area contributed by atoms with Crippen molar-refractivity contribution in [2.24, 2.45) is 18.4 Å². The number of rotatable bonds is 9.